The minimum atomic E-state index is -1.93. The zero-order chi connectivity index (χ0) is 56.1. The Bertz CT molecular complexity index is 1710. The summed E-state index contributed by atoms with van der Waals surface area (Å²) < 4.78 is 28.4. The van der Waals surface area contributed by atoms with Gasteiger partial charge in [0.05, 0.1) is 6.61 Å². The zero-order valence-electron chi connectivity index (χ0n) is 48.2. The molecule has 0 saturated carbocycles. The number of unbranched alkanes of at least 4 members (excludes halogenated alkanes) is 20. The van der Waals surface area contributed by atoms with Crippen LogP contribution in [-0.4, -0.2) is 89.2 Å². The number of allylic oxidation sites excluding steroid dienone is 16. The first-order valence-electron chi connectivity index (χ1n) is 30.2. The summed E-state index contributed by atoms with van der Waals surface area (Å²) >= 11 is 0. The van der Waals surface area contributed by atoms with E-state index >= 15 is 0 Å². The second kappa shape index (κ2) is 52.3. The Kier molecular flexibility index (Phi) is 48.0. The fourth-order valence-corrected chi connectivity index (χ4v) is 8.47. The number of esters is 3. The Hall–Kier alpha value is -4.36. The van der Waals surface area contributed by atoms with Crippen LogP contribution in [0.4, 0.5) is 0 Å². The van der Waals surface area contributed by atoms with Crippen molar-refractivity contribution in [2.24, 2.45) is 0 Å². The Balaban J connectivity index is 2.69. The van der Waals surface area contributed by atoms with Gasteiger partial charge in [-0.05, 0) is 109 Å². The molecule has 6 unspecified atom stereocenters. The van der Waals surface area contributed by atoms with Crippen LogP contribution >= 0.6 is 0 Å². The van der Waals surface area contributed by atoms with Gasteiger partial charge >= 0.3 is 23.9 Å². The van der Waals surface area contributed by atoms with E-state index in [0.717, 1.165) is 103 Å². The number of carbonyl (C=O) groups is 4. The third kappa shape index (κ3) is 42.3. The highest BCUT2D eigenvalue weighted by Gasteiger charge is 2.50. The van der Waals surface area contributed by atoms with Crippen LogP contribution in [-0.2, 0) is 42.9 Å². The molecule has 6 atom stereocenters. The number of aliphatic hydroxyl groups excluding tert-OH is 2. The monoisotopic (exact) mass is 1080 g/mol. The van der Waals surface area contributed by atoms with E-state index in [4.69, 9.17) is 23.7 Å². The predicted molar refractivity (Wildman–Crippen MR) is 312 cm³/mol. The van der Waals surface area contributed by atoms with E-state index in [1.54, 1.807) is 0 Å². The largest absolute Gasteiger partial charge is 0.479 e. The van der Waals surface area contributed by atoms with Crippen molar-refractivity contribution < 1.29 is 58.2 Å². The van der Waals surface area contributed by atoms with Gasteiger partial charge in [-0.3, -0.25) is 14.4 Å². The summed E-state index contributed by atoms with van der Waals surface area (Å²) in [5, 5.41) is 31.5. The molecule has 0 aromatic heterocycles. The SMILES string of the molecule is CC/C=C\C/C=C\C/C=C\C/C=C\C/C=C\CCCC(=O)OC1C(OCC(COC(=O)CCCCCCCCCCC/C=C\C/C=C\CCCCC)OC(=O)CCCCCCC/C=C\CCCC)OC(C(=O)O)C(O)C1O. The number of aliphatic carboxylic acids is 1. The molecule has 0 bridgehead atoms. The molecule has 1 rings (SSSR count). The van der Waals surface area contributed by atoms with Gasteiger partial charge in [-0.15, -0.1) is 0 Å². The molecule has 1 heterocycles. The van der Waals surface area contributed by atoms with Crippen molar-refractivity contribution in [2.45, 2.75) is 276 Å². The molecule has 0 aliphatic carbocycles. The lowest BCUT2D eigenvalue weighted by molar-refractivity contribution is -0.301. The number of aliphatic hydroxyl groups is 2. The summed E-state index contributed by atoms with van der Waals surface area (Å²) in [4.78, 5) is 51.1. The Morgan fingerprint density at radius 3 is 1.34 bits per heavy atom. The molecule has 0 radical (unpaired) electrons. The maximum atomic E-state index is 13.1. The van der Waals surface area contributed by atoms with Gasteiger partial charge in [-0.1, -0.05) is 208 Å². The van der Waals surface area contributed by atoms with Gasteiger partial charge in [0, 0.05) is 19.3 Å². The van der Waals surface area contributed by atoms with E-state index in [9.17, 15) is 34.5 Å². The number of carboxylic acids is 1. The molecule has 438 valence electrons. The summed E-state index contributed by atoms with van der Waals surface area (Å²) in [5.41, 5.74) is 0. The summed E-state index contributed by atoms with van der Waals surface area (Å²) in [6, 6.07) is 0. The maximum Gasteiger partial charge on any atom is 0.335 e. The number of rotatable bonds is 50. The molecule has 1 aliphatic rings. The molecule has 0 aromatic carbocycles. The van der Waals surface area contributed by atoms with Crippen LogP contribution < -0.4 is 0 Å². The number of hydrogen-bond acceptors (Lipinski definition) is 11. The van der Waals surface area contributed by atoms with Crippen molar-refractivity contribution in [3.8, 4) is 0 Å². The molecule has 1 fully saturated rings. The lowest BCUT2D eigenvalue weighted by Gasteiger charge is -2.40. The van der Waals surface area contributed by atoms with Gasteiger partial charge in [0.1, 0.15) is 18.8 Å². The fourth-order valence-electron chi connectivity index (χ4n) is 8.47. The number of hydrogen-bond donors (Lipinski definition) is 3. The molecule has 12 nitrogen and oxygen atoms in total. The highest BCUT2D eigenvalue weighted by molar-refractivity contribution is 5.74. The first-order chi connectivity index (χ1) is 37.6. The van der Waals surface area contributed by atoms with Crippen molar-refractivity contribution >= 4 is 23.9 Å². The van der Waals surface area contributed by atoms with E-state index in [1.807, 2.05) is 12.2 Å². The van der Waals surface area contributed by atoms with Crippen molar-refractivity contribution in [1.29, 1.82) is 0 Å². The quantitative estimate of drug-likeness (QED) is 0.0228. The van der Waals surface area contributed by atoms with Crippen molar-refractivity contribution in [2.75, 3.05) is 13.2 Å². The van der Waals surface area contributed by atoms with Crippen LogP contribution in [0.5, 0.6) is 0 Å². The molecule has 12 heteroatoms. The smallest absolute Gasteiger partial charge is 0.335 e. The number of carbonyl (C=O) groups excluding carboxylic acids is 3. The van der Waals surface area contributed by atoms with E-state index < -0.39 is 67.3 Å². The Labute approximate surface area is 466 Å². The highest BCUT2D eigenvalue weighted by atomic mass is 16.7. The normalized spacial score (nSPS) is 18.7. The topological polar surface area (TPSA) is 175 Å². The van der Waals surface area contributed by atoms with Gasteiger partial charge in [-0.2, -0.15) is 0 Å². The average molecular weight is 1080 g/mol. The van der Waals surface area contributed by atoms with Crippen LogP contribution in [0.3, 0.4) is 0 Å². The fraction of sp³-hybridized carbons (Fsp3) is 0.692. The second-order valence-electron chi connectivity index (χ2n) is 20.2. The third-order valence-electron chi connectivity index (χ3n) is 13.1. The average Bonchev–Trinajstić information content (AvgIpc) is 3.42. The molecule has 77 heavy (non-hydrogen) atoms. The minimum absolute atomic E-state index is 0.0226. The summed E-state index contributed by atoms with van der Waals surface area (Å²) in [7, 11) is 0. The van der Waals surface area contributed by atoms with Crippen LogP contribution in [0.15, 0.2) is 97.2 Å². The van der Waals surface area contributed by atoms with Gasteiger partial charge in [-0.25, -0.2) is 4.79 Å². The van der Waals surface area contributed by atoms with E-state index in [1.165, 1.54) is 70.6 Å². The molecule has 0 amide bonds. The summed E-state index contributed by atoms with van der Waals surface area (Å²) in [6.07, 6.45) is 56.7. The lowest BCUT2D eigenvalue weighted by Crippen LogP contribution is -2.61. The standard InChI is InChI=1S/C65H106O12/c1-4-7-10-13-16-19-22-24-26-28-29-31-32-34-37-39-42-45-48-51-57(66)73-54-56(75-58(67)52-49-46-43-40-36-21-18-15-12-9-6-3)55-74-65-63(61(70)60(69)62(77-65)64(71)72)76-59(68)53-50-47-44-41-38-35-33-30-27-25-23-20-17-14-11-8-5-2/h8,11,15-20,24-27,33,35,41,44,56,60-63,65,69-70H,4-7,9-10,12-14,21-23,28-32,34,36-40,42-43,45-55H2,1-3H3,(H,71,72)/b11-8-,18-15-,19-16-,20-17-,26-24-,27-25-,35-33-,44-41-. The maximum absolute atomic E-state index is 13.1. The first kappa shape index (κ1) is 70.7. The van der Waals surface area contributed by atoms with E-state index in [0.29, 0.717) is 25.7 Å². The van der Waals surface area contributed by atoms with Gasteiger partial charge in [0.15, 0.2) is 24.6 Å². The zero-order valence-corrected chi connectivity index (χ0v) is 48.2. The van der Waals surface area contributed by atoms with Gasteiger partial charge < -0.3 is 39.0 Å². The lowest BCUT2D eigenvalue weighted by atomic mass is 9.98. The molecular weight excluding hydrogens is 973 g/mol. The Morgan fingerprint density at radius 2 is 0.844 bits per heavy atom. The van der Waals surface area contributed by atoms with E-state index in [2.05, 4.69) is 106 Å². The molecule has 1 aliphatic heterocycles. The Morgan fingerprint density at radius 1 is 0.442 bits per heavy atom. The van der Waals surface area contributed by atoms with Gasteiger partial charge in [0.2, 0.25) is 0 Å². The van der Waals surface area contributed by atoms with Crippen molar-refractivity contribution in [1.82, 2.24) is 0 Å². The molecular formula is C65H106O12. The molecule has 0 spiro atoms. The molecule has 0 aromatic rings. The van der Waals surface area contributed by atoms with Crippen molar-refractivity contribution in [3.05, 3.63) is 97.2 Å². The van der Waals surface area contributed by atoms with Crippen LogP contribution in [0.2, 0.25) is 0 Å². The minimum Gasteiger partial charge on any atom is -0.479 e. The summed E-state index contributed by atoms with van der Waals surface area (Å²) in [6.45, 7) is 5.78. The molecule has 3 N–H and O–H groups in total. The number of ether oxygens (including phenoxy) is 5. The van der Waals surface area contributed by atoms with Crippen LogP contribution in [0.1, 0.15) is 239 Å². The van der Waals surface area contributed by atoms with Gasteiger partial charge in [0.25, 0.3) is 0 Å². The van der Waals surface area contributed by atoms with E-state index in [-0.39, 0.29) is 25.9 Å². The van der Waals surface area contributed by atoms with Crippen LogP contribution in [0, 0.1) is 0 Å². The third-order valence-corrected chi connectivity index (χ3v) is 13.1. The molecule has 1 saturated heterocycles. The number of carboxylic acid groups (broad SMARTS) is 1. The van der Waals surface area contributed by atoms with Crippen LogP contribution in [0.25, 0.3) is 0 Å². The van der Waals surface area contributed by atoms with Crippen molar-refractivity contribution in [3.63, 3.8) is 0 Å². The predicted octanol–water partition coefficient (Wildman–Crippen LogP) is 15.7. The highest BCUT2D eigenvalue weighted by Crippen LogP contribution is 2.26. The summed E-state index contributed by atoms with van der Waals surface area (Å²) in [5.74, 6) is -3.22. The first-order valence-corrected chi connectivity index (χ1v) is 30.2. The second-order valence-corrected chi connectivity index (χ2v) is 20.2.